The highest BCUT2D eigenvalue weighted by molar-refractivity contribution is 4.85. The van der Waals surface area contributed by atoms with E-state index in [0.717, 1.165) is 26.2 Å². The van der Waals surface area contributed by atoms with Gasteiger partial charge in [-0.2, -0.15) is 0 Å². The van der Waals surface area contributed by atoms with Gasteiger partial charge in [-0.25, -0.2) is 0 Å². The van der Waals surface area contributed by atoms with E-state index in [-0.39, 0.29) is 11.8 Å². The highest BCUT2D eigenvalue weighted by atomic mass is 16.5. The van der Waals surface area contributed by atoms with Gasteiger partial charge in [0.05, 0.1) is 6.61 Å². The smallest absolute Gasteiger partial charge is 0.109 e. The number of hydrogen-bond acceptors (Lipinski definition) is 3. The highest BCUT2D eigenvalue weighted by Gasteiger charge is 2.32. The summed E-state index contributed by atoms with van der Waals surface area (Å²) in [6, 6.07) is 0. The van der Waals surface area contributed by atoms with Crippen LogP contribution in [0, 0.1) is 5.92 Å². The Bertz CT molecular complexity index is 188. The second kappa shape index (κ2) is 4.17. The maximum absolute atomic E-state index is 5.70. The second-order valence-corrected chi connectivity index (χ2v) is 5.15. The molecule has 2 rings (SSSR count). The SMILES string of the molecule is CC1(C)COC(CC2CCCOC2)N1. The van der Waals surface area contributed by atoms with Crippen LogP contribution in [0.4, 0.5) is 0 Å². The van der Waals surface area contributed by atoms with Crippen molar-refractivity contribution < 1.29 is 9.47 Å². The molecular formula is C11H21NO2. The Hall–Kier alpha value is -0.120. The average Bonchev–Trinajstić information content (AvgIpc) is 2.47. The van der Waals surface area contributed by atoms with Crippen molar-refractivity contribution in [1.82, 2.24) is 5.32 Å². The quantitative estimate of drug-likeness (QED) is 0.731. The van der Waals surface area contributed by atoms with Crippen molar-refractivity contribution in [3.63, 3.8) is 0 Å². The summed E-state index contributed by atoms with van der Waals surface area (Å²) in [5.74, 6) is 0.690. The van der Waals surface area contributed by atoms with Gasteiger partial charge in [0.2, 0.25) is 0 Å². The molecule has 0 spiro atoms. The molecule has 3 heteroatoms. The minimum atomic E-state index is 0.153. The van der Waals surface area contributed by atoms with Gasteiger partial charge in [-0.05, 0) is 39.0 Å². The number of hydrogen-bond donors (Lipinski definition) is 1. The molecule has 2 saturated heterocycles. The Morgan fingerprint density at radius 2 is 2.29 bits per heavy atom. The Morgan fingerprint density at radius 1 is 1.43 bits per heavy atom. The van der Waals surface area contributed by atoms with E-state index in [1.807, 2.05) is 0 Å². The van der Waals surface area contributed by atoms with Crippen LogP contribution in [-0.2, 0) is 9.47 Å². The molecule has 0 aliphatic carbocycles. The van der Waals surface area contributed by atoms with E-state index in [2.05, 4.69) is 19.2 Å². The molecule has 14 heavy (non-hydrogen) atoms. The monoisotopic (exact) mass is 199 g/mol. The van der Waals surface area contributed by atoms with Crippen molar-refractivity contribution in [1.29, 1.82) is 0 Å². The first-order chi connectivity index (χ1) is 6.66. The van der Waals surface area contributed by atoms with Gasteiger partial charge in [0, 0.05) is 18.8 Å². The number of rotatable bonds is 2. The largest absolute Gasteiger partial charge is 0.381 e. The summed E-state index contributed by atoms with van der Waals surface area (Å²) >= 11 is 0. The van der Waals surface area contributed by atoms with Crippen LogP contribution >= 0.6 is 0 Å². The molecule has 1 N–H and O–H groups in total. The summed E-state index contributed by atoms with van der Waals surface area (Å²) in [4.78, 5) is 0. The maximum atomic E-state index is 5.70. The number of nitrogens with one attached hydrogen (secondary N) is 1. The van der Waals surface area contributed by atoms with Crippen LogP contribution in [0.25, 0.3) is 0 Å². The molecule has 0 aromatic carbocycles. The minimum Gasteiger partial charge on any atom is -0.381 e. The van der Waals surface area contributed by atoms with Crippen LogP contribution in [0.2, 0.25) is 0 Å². The Balaban J connectivity index is 1.75. The van der Waals surface area contributed by atoms with Gasteiger partial charge >= 0.3 is 0 Å². The molecule has 2 aliphatic heterocycles. The van der Waals surface area contributed by atoms with Crippen LogP contribution < -0.4 is 5.32 Å². The first-order valence-corrected chi connectivity index (χ1v) is 5.63. The van der Waals surface area contributed by atoms with Crippen LogP contribution in [0.3, 0.4) is 0 Å². The fraction of sp³-hybridized carbons (Fsp3) is 1.00. The Morgan fingerprint density at radius 3 is 2.86 bits per heavy atom. The standard InChI is InChI=1S/C11H21NO2/c1-11(2)8-14-10(12-11)6-9-4-3-5-13-7-9/h9-10,12H,3-8H2,1-2H3. The summed E-state index contributed by atoms with van der Waals surface area (Å²) in [6.45, 7) is 7.06. The van der Waals surface area contributed by atoms with Gasteiger partial charge in [-0.3, -0.25) is 5.32 Å². The van der Waals surface area contributed by atoms with Crippen molar-refractivity contribution in [2.45, 2.75) is 44.9 Å². The summed E-state index contributed by atoms with van der Waals surface area (Å²) < 4.78 is 11.2. The summed E-state index contributed by atoms with van der Waals surface area (Å²) in [6.07, 6.45) is 3.85. The normalized spacial score (nSPS) is 37.3. The third-order valence-corrected chi connectivity index (χ3v) is 3.00. The zero-order valence-corrected chi connectivity index (χ0v) is 9.21. The minimum absolute atomic E-state index is 0.153. The average molecular weight is 199 g/mol. The van der Waals surface area contributed by atoms with E-state index >= 15 is 0 Å². The van der Waals surface area contributed by atoms with Crippen LogP contribution in [0.5, 0.6) is 0 Å². The van der Waals surface area contributed by atoms with E-state index in [4.69, 9.17) is 9.47 Å². The molecule has 82 valence electrons. The predicted molar refractivity (Wildman–Crippen MR) is 55.1 cm³/mol. The van der Waals surface area contributed by atoms with Crippen molar-refractivity contribution in [3.8, 4) is 0 Å². The van der Waals surface area contributed by atoms with Crippen LogP contribution in [0.1, 0.15) is 33.1 Å². The van der Waals surface area contributed by atoms with Gasteiger partial charge in [0.25, 0.3) is 0 Å². The molecule has 2 unspecified atom stereocenters. The molecule has 0 bridgehead atoms. The fourth-order valence-electron chi connectivity index (χ4n) is 2.25. The Labute approximate surface area is 86.2 Å². The molecule has 2 fully saturated rings. The van der Waals surface area contributed by atoms with Crippen LogP contribution in [-0.4, -0.2) is 31.6 Å². The summed E-state index contributed by atoms with van der Waals surface area (Å²) in [5, 5.41) is 3.50. The lowest BCUT2D eigenvalue weighted by Crippen LogP contribution is -2.40. The molecule has 0 amide bonds. The molecule has 0 aromatic rings. The molecule has 2 aliphatic rings. The topological polar surface area (TPSA) is 30.5 Å². The lowest BCUT2D eigenvalue weighted by Gasteiger charge is -2.25. The van der Waals surface area contributed by atoms with E-state index in [1.54, 1.807) is 0 Å². The van der Waals surface area contributed by atoms with Gasteiger partial charge in [-0.15, -0.1) is 0 Å². The van der Waals surface area contributed by atoms with E-state index in [1.165, 1.54) is 12.8 Å². The van der Waals surface area contributed by atoms with E-state index < -0.39 is 0 Å². The molecule has 3 nitrogen and oxygen atoms in total. The molecule has 0 aromatic heterocycles. The number of ether oxygens (including phenoxy) is 2. The van der Waals surface area contributed by atoms with Gasteiger partial charge in [0.15, 0.2) is 0 Å². The fourth-order valence-corrected chi connectivity index (χ4v) is 2.25. The summed E-state index contributed by atoms with van der Waals surface area (Å²) in [5.41, 5.74) is 0.153. The van der Waals surface area contributed by atoms with Crippen molar-refractivity contribution in [2.24, 2.45) is 5.92 Å². The highest BCUT2D eigenvalue weighted by Crippen LogP contribution is 2.23. The first kappa shape index (κ1) is 10.4. The van der Waals surface area contributed by atoms with Gasteiger partial charge in [0.1, 0.15) is 6.23 Å². The van der Waals surface area contributed by atoms with Crippen molar-refractivity contribution in [2.75, 3.05) is 19.8 Å². The predicted octanol–water partition coefficient (Wildman–Crippen LogP) is 1.53. The van der Waals surface area contributed by atoms with Crippen molar-refractivity contribution >= 4 is 0 Å². The zero-order valence-electron chi connectivity index (χ0n) is 9.21. The van der Waals surface area contributed by atoms with Crippen LogP contribution in [0.15, 0.2) is 0 Å². The first-order valence-electron chi connectivity index (χ1n) is 5.63. The third kappa shape index (κ3) is 2.69. The molecule has 0 radical (unpaired) electrons. The third-order valence-electron chi connectivity index (χ3n) is 3.00. The van der Waals surface area contributed by atoms with Crippen molar-refractivity contribution in [3.05, 3.63) is 0 Å². The lowest BCUT2D eigenvalue weighted by molar-refractivity contribution is 0.0162. The Kier molecular flexibility index (Phi) is 3.10. The summed E-state index contributed by atoms with van der Waals surface area (Å²) in [7, 11) is 0. The second-order valence-electron chi connectivity index (χ2n) is 5.15. The molecule has 0 saturated carbocycles. The van der Waals surface area contributed by atoms with Gasteiger partial charge < -0.3 is 9.47 Å². The van der Waals surface area contributed by atoms with Gasteiger partial charge in [-0.1, -0.05) is 0 Å². The van der Waals surface area contributed by atoms with E-state index in [9.17, 15) is 0 Å². The zero-order chi connectivity index (χ0) is 10.0. The van der Waals surface area contributed by atoms with E-state index in [0.29, 0.717) is 5.92 Å². The maximum Gasteiger partial charge on any atom is 0.109 e. The lowest BCUT2D eigenvalue weighted by atomic mass is 9.97. The molecule has 2 atom stereocenters. The molecular weight excluding hydrogens is 178 g/mol. The molecule has 2 heterocycles.